The number of carbonyl (C=O) groups is 2. The van der Waals surface area contributed by atoms with Crippen LogP contribution in [0.5, 0.6) is 0 Å². The summed E-state index contributed by atoms with van der Waals surface area (Å²) in [7, 11) is 0. The second kappa shape index (κ2) is 8.04. The van der Waals surface area contributed by atoms with Gasteiger partial charge in [0.2, 0.25) is 0 Å². The Kier molecular flexibility index (Phi) is 5.80. The molecular weight excluding hydrogens is 336 g/mol. The van der Waals surface area contributed by atoms with E-state index in [1.165, 1.54) is 23.5 Å². The minimum absolute atomic E-state index is 0.0839. The summed E-state index contributed by atoms with van der Waals surface area (Å²) in [5.74, 6) is 1.53. The van der Waals surface area contributed by atoms with E-state index in [-0.39, 0.29) is 11.6 Å². The highest BCUT2D eigenvalue weighted by Gasteiger charge is 2.47. The van der Waals surface area contributed by atoms with Crippen LogP contribution in [-0.4, -0.2) is 15.6 Å². The first kappa shape index (κ1) is 17.3. The Morgan fingerprint density at radius 3 is 1.54 bits per heavy atom. The molecule has 0 bridgehead atoms. The minimum Gasteiger partial charge on any atom is -0.297 e. The van der Waals surface area contributed by atoms with Gasteiger partial charge in [-0.1, -0.05) is 60.7 Å². The molecule has 3 rings (SSSR count). The van der Waals surface area contributed by atoms with Gasteiger partial charge in [0.1, 0.15) is 0 Å². The average molecular weight is 357 g/mol. The first-order chi connectivity index (χ1) is 11.7. The Morgan fingerprint density at radius 1 is 0.708 bits per heavy atom. The molecule has 24 heavy (non-hydrogen) atoms. The zero-order valence-corrected chi connectivity index (χ0v) is 15.1. The molecule has 0 aliphatic heterocycles. The number of benzene rings is 2. The van der Waals surface area contributed by atoms with Crippen molar-refractivity contribution < 1.29 is 9.59 Å². The summed E-state index contributed by atoms with van der Waals surface area (Å²) in [6, 6.07) is 20.1. The van der Waals surface area contributed by atoms with E-state index in [0.29, 0.717) is 30.8 Å². The van der Waals surface area contributed by atoms with Crippen molar-refractivity contribution in [1.82, 2.24) is 0 Å². The number of thioether (sulfide) groups is 2. The third kappa shape index (κ3) is 3.93. The van der Waals surface area contributed by atoms with Crippen LogP contribution in [0.2, 0.25) is 0 Å². The molecule has 0 atom stereocenters. The predicted molar refractivity (Wildman–Crippen MR) is 102 cm³/mol. The topological polar surface area (TPSA) is 34.1 Å². The van der Waals surface area contributed by atoms with Crippen molar-refractivity contribution in [3.8, 4) is 0 Å². The van der Waals surface area contributed by atoms with E-state index in [2.05, 4.69) is 0 Å². The minimum atomic E-state index is -0.941. The van der Waals surface area contributed by atoms with E-state index >= 15 is 0 Å². The molecule has 1 fully saturated rings. The summed E-state index contributed by atoms with van der Waals surface area (Å²) in [4.78, 5) is 25.4. The monoisotopic (exact) mass is 356 g/mol. The summed E-state index contributed by atoms with van der Waals surface area (Å²) in [6.45, 7) is 0. The Balaban J connectivity index is 1.78. The molecule has 2 aromatic carbocycles. The van der Waals surface area contributed by atoms with Crippen molar-refractivity contribution in [3.63, 3.8) is 0 Å². The maximum atomic E-state index is 12.7. The molecule has 0 unspecified atom stereocenters. The number of hydrogen-bond donors (Lipinski definition) is 0. The fourth-order valence-electron chi connectivity index (χ4n) is 2.78. The lowest BCUT2D eigenvalue weighted by molar-refractivity contribution is -0.129. The van der Waals surface area contributed by atoms with Crippen molar-refractivity contribution in [3.05, 3.63) is 71.8 Å². The zero-order valence-electron chi connectivity index (χ0n) is 13.4. The van der Waals surface area contributed by atoms with Crippen LogP contribution in [0.15, 0.2) is 60.7 Å². The molecule has 0 aromatic heterocycles. The van der Waals surface area contributed by atoms with Gasteiger partial charge < -0.3 is 0 Å². The van der Waals surface area contributed by atoms with Crippen LogP contribution < -0.4 is 0 Å². The number of Topliss-reactive ketones (excluding diaryl/α,β-unsaturated/α-hetero) is 2. The third-order valence-electron chi connectivity index (χ3n) is 4.11. The molecule has 2 nitrogen and oxygen atoms in total. The molecule has 0 amide bonds. The molecule has 2 aromatic rings. The van der Waals surface area contributed by atoms with Gasteiger partial charge >= 0.3 is 0 Å². The molecule has 0 spiro atoms. The standard InChI is InChI=1S/C20H20O2S2/c21-18-12-7-13-19(22)20(18,23-14-16-8-3-1-4-9-16)24-15-17-10-5-2-6-11-17/h1-6,8-11H,7,12-15H2. The second-order valence-corrected chi connectivity index (χ2v) is 8.50. The van der Waals surface area contributed by atoms with Gasteiger partial charge in [-0.15, -0.1) is 23.5 Å². The van der Waals surface area contributed by atoms with Gasteiger partial charge in [0.15, 0.2) is 15.6 Å². The molecule has 124 valence electrons. The summed E-state index contributed by atoms with van der Waals surface area (Å²) < 4.78 is -0.941. The van der Waals surface area contributed by atoms with Crippen molar-refractivity contribution in [2.45, 2.75) is 34.8 Å². The van der Waals surface area contributed by atoms with Crippen molar-refractivity contribution in [2.24, 2.45) is 0 Å². The first-order valence-electron chi connectivity index (χ1n) is 8.13. The van der Waals surface area contributed by atoms with Crippen molar-refractivity contribution in [2.75, 3.05) is 0 Å². The smallest absolute Gasteiger partial charge is 0.178 e. The Bertz CT molecular complexity index is 637. The number of ketones is 2. The zero-order chi connectivity index (χ0) is 16.8. The fourth-order valence-corrected chi connectivity index (χ4v) is 5.64. The lowest BCUT2D eigenvalue weighted by Crippen LogP contribution is -2.43. The van der Waals surface area contributed by atoms with Crippen LogP contribution in [0, 0.1) is 0 Å². The maximum absolute atomic E-state index is 12.7. The highest BCUT2D eigenvalue weighted by Crippen LogP contribution is 2.46. The van der Waals surface area contributed by atoms with E-state index in [4.69, 9.17) is 0 Å². The van der Waals surface area contributed by atoms with E-state index in [1.807, 2.05) is 60.7 Å². The maximum Gasteiger partial charge on any atom is 0.178 e. The molecule has 1 aliphatic carbocycles. The van der Waals surface area contributed by atoms with Crippen molar-refractivity contribution in [1.29, 1.82) is 0 Å². The molecule has 0 heterocycles. The molecule has 0 saturated heterocycles. The summed E-state index contributed by atoms with van der Waals surface area (Å²) in [5.41, 5.74) is 2.29. The van der Waals surface area contributed by atoms with Gasteiger partial charge in [0.25, 0.3) is 0 Å². The number of hydrogen-bond acceptors (Lipinski definition) is 4. The Labute approximate surface area is 151 Å². The lowest BCUT2D eigenvalue weighted by Gasteiger charge is -2.33. The Hall–Kier alpha value is -1.52. The molecule has 0 N–H and O–H groups in total. The summed E-state index contributed by atoms with van der Waals surface area (Å²) >= 11 is 2.99. The highest BCUT2D eigenvalue weighted by molar-refractivity contribution is 8.19. The van der Waals surface area contributed by atoms with E-state index in [9.17, 15) is 9.59 Å². The normalized spacial score (nSPS) is 17.0. The van der Waals surface area contributed by atoms with E-state index in [0.717, 1.165) is 11.1 Å². The highest BCUT2D eigenvalue weighted by atomic mass is 32.2. The fraction of sp³-hybridized carbons (Fsp3) is 0.300. The predicted octanol–water partition coefficient (Wildman–Crippen LogP) is 4.87. The molecule has 0 radical (unpaired) electrons. The van der Waals surface area contributed by atoms with Crippen LogP contribution in [-0.2, 0) is 21.1 Å². The van der Waals surface area contributed by atoms with Gasteiger partial charge in [-0.25, -0.2) is 0 Å². The Morgan fingerprint density at radius 2 is 1.12 bits per heavy atom. The first-order valence-corrected chi connectivity index (χ1v) is 10.1. The van der Waals surface area contributed by atoms with Crippen LogP contribution in [0.4, 0.5) is 0 Å². The average Bonchev–Trinajstić information content (AvgIpc) is 2.63. The van der Waals surface area contributed by atoms with Gasteiger partial charge in [-0.3, -0.25) is 9.59 Å². The largest absolute Gasteiger partial charge is 0.297 e. The van der Waals surface area contributed by atoms with E-state index in [1.54, 1.807) is 0 Å². The molecule has 1 aliphatic rings. The quantitative estimate of drug-likeness (QED) is 0.546. The molecule has 4 heteroatoms. The van der Waals surface area contributed by atoms with Gasteiger partial charge in [0.05, 0.1) is 0 Å². The SMILES string of the molecule is O=C1CCCC(=O)C1(SCc1ccccc1)SCc1ccccc1. The summed E-state index contributed by atoms with van der Waals surface area (Å²) in [5, 5.41) is 0. The van der Waals surface area contributed by atoms with Crippen molar-refractivity contribution >= 4 is 35.1 Å². The van der Waals surface area contributed by atoms with E-state index < -0.39 is 4.08 Å². The van der Waals surface area contributed by atoms with Gasteiger partial charge in [0, 0.05) is 24.3 Å². The van der Waals surface area contributed by atoms with Crippen LogP contribution >= 0.6 is 23.5 Å². The van der Waals surface area contributed by atoms with Crippen LogP contribution in [0.3, 0.4) is 0 Å². The lowest BCUT2D eigenvalue weighted by atomic mass is 9.97. The number of rotatable bonds is 6. The third-order valence-corrected chi connectivity index (χ3v) is 7.50. The van der Waals surface area contributed by atoms with Gasteiger partial charge in [-0.05, 0) is 17.5 Å². The summed E-state index contributed by atoms with van der Waals surface area (Å²) in [6.07, 6.45) is 1.71. The van der Waals surface area contributed by atoms with Gasteiger partial charge in [-0.2, -0.15) is 0 Å². The molecular formula is C20H20O2S2. The molecule has 1 saturated carbocycles. The van der Waals surface area contributed by atoms with Crippen LogP contribution in [0.25, 0.3) is 0 Å². The number of carbonyl (C=O) groups excluding carboxylic acids is 2. The second-order valence-electron chi connectivity index (χ2n) is 5.87. The van der Waals surface area contributed by atoms with Crippen LogP contribution in [0.1, 0.15) is 30.4 Å².